The van der Waals surface area contributed by atoms with Gasteiger partial charge in [-0.1, -0.05) is 0 Å². The summed E-state index contributed by atoms with van der Waals surface area (Å²) >= 11 is 1.46. The van der Waals surface area contributed by atoms with Gasteiger partial charge in [0.25, 0.3) is 5.91 Å². The average Bonchev–Trinajstić information content (AvgIpc) is 3.24. The fourth-order valence-electron chi connectivity index (χ4n) is 2.64. The van der Waals surface area contributed by atoms with Crippen LogP contribution < -0.4 is 4.90 Å². The highest BCUT2D eigenvalue weighted by Gasteiger charge is 2.29. The Morgan fingerprint density at radius 3 is 3.09 bits per heavy atom. The summed E-state index contributed by atoms with van der Waals surface area (Å²) in [5.41, 5.74) is 0. The molecule has 1 saturated heterocycles. The molecule has 3 heterocycles. The number of nitrogens with zero attached hydrogens (tertiary/aromatic N) is 5. The Kier molecular flexibility index (Phi) is 5.04. The van der Waals surface area contributed by atoms with Crippen LogP contribution in [0.4, 0.5) is 5.13 Å². The SMILES string of the molecule is C[C@@H](C(=O)N(C[C@H]1CN(C)CCO1)c1nccs1)n1cccn1. The summed E-state index contributed by atoms with van der Waals surface area (Å²) in [7, 11) is 2.07. The van der Waals surface area contributed by atoms with E-state index in [9.17, 15) is 4.79 Å². The molecule has 0 aromatic carbocycles. The molecule has 0 unspecified atom stereocenters. The maximum absolute atomic E-state index is 13.0. The summed E-state index contributed by atoms with van der Waals surface area (Å²) in [5.74, 6) is -0.0273. The van der Waals surface area contributed by atoms with E-state index in [0.717, 1.165) is 13.1 Å². The molecule has 0 saturated carbocycles. The number of amides is 1. The number of rotatable bonds is 5. The lowest BCUT2D eigenvalue weighted by molar-refractivity contribution is -0.122. The van der Waals surface area contributed by atoms with Gasteiger partial charge in [0, 0.05) is 37.1 Å². The zero-order valence-electron chi connectivity index (χ0n) is 13.3. The molecule has 124 valence electrons. The third kappa shape index (κ3) is 3.77. The van der Waals surface area contributed by atoms with Gasteiger partial charge in [0.2, 0.25) is 0 Å². The fraction of sp³-hybridized carbons (Fsp3) is 0.533. The van der Waals surface area contributed by atoms with Crippen molar-refractivity contribution in [2.75, 3.05) is 38.2 Å². The van der Waals surface area contributed by atoms with Crippen LogP contribution in [0.25, 0.3) is 0 Å². The summed E-state index contributed by atoms with van der Waals surface area (Å²) in [6, 6.07) is 1.44. The quantitative estimate of drug-likeness (QED) is 0.823. The van der Waals surface area contributed by atoms with Crippen molar-refractivity contribution in [3.8, 4) is 0 Å². The summed E-state index contributed by atoms with van der Waals surface area (Å²) in [5, 5.41) is 6.75. The van der Waals surface area contributed by atoms with E-state index in [1.54, 1.807) is 28.2 Å². The molecule has 7 nitrogen and oxygen atoms in total. The van der Waals surface area contributed by atoms with Crippen LogP contribution >= 0.6 is 11.3 Å². The number of thiazole rings is 1. The Balaban J connectivity index is 1.77. The van der Waals surface area contributed by atoms with E-state index in [-0.39, 0.29) is 18.1 Å². The van der Waals surface area contributed by atoms with E-state index in [4.69, 9.17) is 4.74 Å². The number of aromatic nitrogens is 3. The largest absolute Gasteiger partial charge is 0.374 e. The molecular weight excluding hydrogens is 314 g/mol. The second kappa shape index (κ2) is 7.20. The van der Waals surface area contributed by atoms with Gasteiger partial charge in [0.15, 0.2) is 5.13 Å². The van der Waals surface area contributed by atoms with Crippen LogP contribution in [0.2, 0.25) is 0 Å². The average molecular weight is 335 g/mol. The number of anilines is 1. The van der Waals surface area contributed by atoms with Gasteiger partial charge in [0.1, 0.15) is 6.04 Å². The molecule has 3 rings (SSSR count). The molecule has 2 atom stereocenters. The Morgan fingerprint density at radius 2 is 2.43 bits per heavy atom. The monoisotopic (exact) mass is 335 g/mol. The van der Waals surface area contributed by atoms with Crippen molar-refractivity contribution in [3.05, 3.63) is 30.0 Å². The van der Waals surface area contributed by atoms with E-state index in [0.29, 0.717) is 18.3 Å². The Hall–Kier alpha value is -1.77. The van der Waals surface area contributed by atoms with Crippen LogP contribution in [0.15, 0.2) is 30.0 Å². The molecule has 1 amide bonds. The zero-order valence-corrected chi connectivity index (χ0v) is 14.1. The molecule has 23 heavy (non-hydrogen) atoms. The van der Waals surface area contributed by atoms with Crippen LogP contribution in [0, 0.1) is 0 Å². The topological polar surface area (TPSA) is 63.5 Å². The van der Waals surface area contributed by atoms with Crippen molar-refractivity contribution in [3.63, 3.8) is 0 Å². The van der Waals surface area contributed by atoms with Crippen LogP contribution in [0.1, 0.15) is 13.0 Å². The molecule has 0 bridgehead atoms. The Bertz CT molecular complexity index is 616. The van der Waals surface area contributed by atoms with Gasteiger partial charge in [-0.25, -0.2) is 4.98 Å². The Morgan fingerprint density at radius 1 is 1.57 bits per heavy atom. The highest BCUT2D eigenvalue weighted by Crippen LogP contribution is 2.22. The van der Waals surface area contributed by atoms with Crippen molar-refractivity contribution in [1.82, 2.24) is 19.7 Å². The number of carbonyl (C=O) groups is 1. The maximum Gasteiger partial charge on any atom is 0.253 e. The van der Waals surface area contributed by atoms with E-state index >= 15 is 0 Å². The minimum absolute atomic E-state index is 0.00794. The van der Waals surface area contributed by atoms with Crippen molar-refractivity contribution < 1.29 is 9.53 Å². The van der Waals surface area contributed by atoms with Gasteiger partial charge in [-0.2, -0.15) is 5.10 Å². The van der Waals surface area contributed by atoms with Crippen molar-refractivity contribution in [2.45, 2.75) is 19.1 Å². The highest BCUT2D eigenvalue weighted by atomic mass is 32.1. The normalized spacial score (nSPS) is 20.3. The molecule has 0 aliphatic carbocycles. The second-order valence-corrected chi connectivity index (χ2v) is 6.55. The molecule has 2 aromatic heterocycles. The van der Waals surface area contributed by atoms with Gasteiger partial charge in [-0.15, -0.1) is 11.3 Å². The van der Waals surface area contributed by atoms with E-state index in [1.807, 2.05) is 18.4 Å². The van der Waals surface area contributed by atoms with Crippen molar-refractivity contribution >= 4 is 22.4 Å². The molecule has 1 fully saturated rings. The number of carbonyl (C=O) groups excluding carboxylic acids is 1. The number of ether oxygens (including phenoxy) is 1. The lowest BCUT2D eigenvalue weighted by atomic mass is 10.2. The number of morpholine rings is 1. The number of likely N-dealkylation sites (N-methyl/N-ethyl adjacent to an activating group) is 1. The van der Waals surface area contributed by atoms with Crippen LogP contribution in [0.5, 0.6) is 0 Å². The van der Waals surface area contributed by atoms with Gasteiger partial charge < -0.3 is 9.64 Å². The molecule has 1 aliphatic heterocycles. The fourth-order valence-corrected chi connectivity index (χ4v) is 3.30. The summed E-state index contributed by atoms with van der Waals surface area (Å²) in [6.45, 7) is 4.78. The lowest BCUT2D eigenvalue weighted by Crippen LogP contribution is -2.48. The molecule has 8 heteroatoms. The minimum Gasteiger partial charge on any atom is -0.374 e. The number of hydrogen-bond acceptors (Lipinski definition) is 6. The second-order valence-electron chi connectivity index (χ2n) is 5.68. The molecule has 2 aromatic rings. The molecule has 0 spiro atoms. The van der Waals surface area contributed by atoms with Crippen LogP contribution in [-0.4, -0.2) is 65.0 Å². The zero-order chi connectivity index (χ0) is 16.2. The first kappa shape index (κ1) is 16.1. The summed E-state index contributed by atoms with van der Waals surface area (Å²) < 4.78 is 7.48. The van der Waals surface area contributed by atoms with Crippen LogP contribution in [-0.2, 0) is 9.53 Å². The molecule has 0 radical (unpaired) electrons. The smallest absolute Gasteiger partial charge is 0.253 e. The minimum atomic E-state index is -0.379. The Labute approximate surface area is 139 Å². The van der Waals surface area contributed by atoms with Gasteiger partial charge in [0.05, 0.1) is 19.3 Å². The lowest BCUT2D eigenvalue weighted by Gasteiger charge is -2.33. The highest BCUT2D eigenvalue weighted by molar-refractivity contribution is 7.13. The molecular formula is C15H21N5O2S. The summed E-state index contributed by atoms with van der Waals surface area (Å²) in [6.07, 6.45) is 5.18. The van der Waals surface area contributed by atoms with E-state index in [2.05, 4.69) is 22.0 Å². The van der Waals surface area contributed by atoms with E-state index < -0.39 is 0 Å². The molecule has 1 aliphatic rings. The summed E-state index contributed by atoms with van der Waals surface area (Å²) in [4.78, 5) is 21.2. The molecule has 0 N–H and O–H groups in total. The van der Waals surface area contributed by atoms with Crippen molar-refractivity contribution in [2.24, 2.45) is 0 Å². The van der Waals surface area contributed by atoms with Gasteiger partial charge >= 0.3 is 0 Å². The first-order chi connectivity index (χ1) is 11.1. The first-order valence-electron chi connectivity index (χ1n) is 7.65. The maximum atomic E-state index is 13.0. The predicted octanol–water partition coefficient (Wildman–Crippen LogP) is 1.26. The first-order valence-corrected chi connectivity index (χ1v) is 8.53. The predicted molar refractivity (Wildman–Crippen MR) is 88.6 cm³/mol. The van der Waals surface area contributed by atoms with Crippen LogP contribution in [0.3, 0.4) is 0 Å². The van der Waals surface area contributed by atoms with Crippen molar-refractivity contribution in [1.29, 1.82) is 0 Å². The third-order valence-electron chi connectivity index (χ3n) is 3.92. The van der Waals surface area contributed by atoms with E-state index in [1.165, 1.54) is 11.3 Å². The van der Waals surface area contributed by atoms with Gasteiger partial charge in [-0.05, 0) is 20.0 Å². The standard InChI is InChI=1S/C15H21N5O2S/c1-12(20-6-3-4-17-20)14(21)19(15-16-5-9-23-15)11-13-10-18(2)7-8-22-13/h3-6,9,12-13H,7-8,10-11H2,1-2H3/t12-,13+/m0/s1. The number of hydrogen-bond donors (Lipinski definition) is 0. The van der Waals surface area contributed by atoms with Gasteiger partial charge in [-0.3, -0.25) is 14.4 Å². The third-order valence-corrected chi connectivity index (χ3v) is 4.72.